The van der Waals surface area contributed by atoms with Gasteiger partial charge in [-0.15, -0.1) is 5.10 Å². The first kappa shape index (κ1) is 10.2. The summed E-state index contributed by atoms with van der Waals surface area (Å²) in [5, 5.41) is 17.6. The van der Waals surface area contributed by atoms with E-state index in [9.17, 15) is 10.1 Å². The highest BCUT2D eigenvalue weighted by Gasteiger charge is 2.07. The summed E-state index contributed by atoms with van der Waals surface area (Å²) in [6.07, 6.45) is 1.48. The first-order valence-electron chi connectivity index (χ1n) is 4.61. The van der Waals surface area contributed by atoms with Gasteiger partial charge in [-0.1, -0.05) is 30.3 Å². The normalized spacial score (nSPS) is 10.0. The first-order valence-corrected chi connectivity index (χ1v) is 4.61. The lowest BCUT2D eigenvalue weighted by Gasteiger charge is -1.99. The van der Waals surface area contributed by atoms with Crippen LogP contribution < -0.4 is 0 Å². The lowest BCUT2D eigenvalue weighted by atomic mass is 10.2. The van der Waals surface area contributed by atoms with E-state index in [1.807, 2.05) is 30.3 Å². The van der Waals surface area contributed by atoms with Gasteiger partial charge in [0.1, 0.15) is 0 Å². The van der Waals surface area contributed by atoms with Crippen LogP contribution in [0.3, 0.4) is 0 Å². The van der Waals surface area contributed by atoms with Crippen LogP contribution in [0.1, 0.15) is 5.82 Å². The van der Waals surface area contributed by atoms with Crippen LogP contribution in [0.25, 0.3) is 11.3 Å². The minimum absolute atomic E-state index is 0.117. The summed E-state index contributed by atoms with van der Waals surface area (Å²) in [7, 11) is 0. The van der Waals surface area contributed by atoms with E-state index in [0.717, 1.165) is 5.56 Å². The molecule has 0 saturated carbocycles. The van der Waals surface area contributed by atoms with E-state index in [2.05, 4.69) is 15.2 Å². The molecule has 1 heterocycles. The van der Waals surface area contributed by atoms with E-state index in [4.69, 9.17) is 0 Å². The third-order valence-electron chi connectivity index (χ3n) is 1.94. The van der Waals surface area contributed by atoms with E-state index in [-0.39, 0.29) is 5.82 Å². The standard InChI is InChI=1S/C10H8N4O2/c15-14(16)7-10-12-9(6-11-13-10)8-4-2-1-3-5-8/h1-6H,7H2. The Bertz CT molecular complexity index is 501. The molecular weight excluding hydrogens is 208 g/mol. The Kier molecular flexibility index (Phi) is 2.81. The minimum Gasteiger partial charge on any atom is -0.264 e. The van der Waals surface area contributed by atoms with Gasteiger partial charge in [0.2, 0.25) is 5.82 Å². The minimum atomic E-state index is -0.480. The van der Waals surface area contributed by atoms with Gasteiger partial charge in [-0.25, -0.2) is 4.98 Å². The largest absolute Gasteiger partial charge is 0.264 e. The van der Waals surface area contributed by atoms with E-state index < -0.39 is 11.5 Å². The molecule has 6 heteroatoms. The maximum absolute atomic E-state index is 10.3. The van der Waals surface area contributed by atoms with Gasteiger partial charge < -0.3 is 0 Å². The molecule has 0 bridgehead atoms. The van der Waals surface area contributed by atoms with Gasteiger partial charge in [-0.05, 0) is 0 Å². The third kappa shape index (κ3) is 2.35. The molecule has 1 aromatic heterocycles. The highest BCUT2D eigenvalue weighted by atomic mass is 16.6. The molecular formula is C10H8N4O2. The zero-order chi connectivity index (χ0) is 11.4. The molecule has 0 atom stereocenters. The lowest BCUT2D eigenvalue weighted by Crippen LogP contribution is -2.05. The molecule has 0 saturated heterocycles. The molecule has 0 fully saturated rings. The molecule has 0 radical (unpaired) electrons. The van der Waals surface area contributed by atoms with Crippen LogP contribution in [-0.4, -0.2) is 20.1 Å². The number of nitrogens with zero attached hydrogens (tertiary/aromatic N) is 4. The number of nitro groups is 1. The zero-order valence-corrected chi connectivity index (χ0v) is 8.28. The van der Waals surface area contributed by atoms with Crippen molar-refractivity contribution in [3.8, 4) is 11.3 Å². The molecule has 0 aliphatic rings. The average molecular weight is 216 g/mol. The molecule has 80 valence electrons. The maximum atomic E-state index is 10.3. The Balaban J connectivity index is 2.33. The van der Waals surface area contributed by atoms with Gasteiger partial charge in [0.25, 0.3) is 6.54 Å². The molecule has 2 rings (SSSR count). The maximum Gasteiger partial charge on any atom is 0.264 e. The van der Waals surface area contributed by atoms with Crippen molar-refractivity contribution in [1.29, 1.82) is 0 Å². The van der Waals surface area contributed by atoms with Gasteiger partial charge in [0, 0.05) is 10.5 Å². The molecule has 0 aliphatic carbocycles. The van der Waals surface area contributed by atoms with E-state index in [1.54, 1.807) is 0 Å². The quantitative estimate of drug-likeness (QED) is 0.570. The number of aromatic nitrogens is 3. The van der Waals surface area contributed by atoms with E-state index in [1.165, 1.54) is 6.20 Å². The summed E-state index contributed by atoms with van der Waals surface area (Å²) in [6, 6.07) is 9.34. The van der Waals surface area contributed by atoms with Crippen molar-refractivity contribution < 1.29 is 4.92 Å². The monoisotopic (exact) mass is 216 g/mol. The van der Waals surface area contributed by atoms with Crippen molar-refractivity contribution in [2.45, 2.75) is 6.54 Å². The molecule has 0 aliphatic heterocycles. The van der Waals surface area contributed by atoms with Crippen LogP contribution in [-0.2, 0) is 6.54 Å². The summed E-state index contributed by atoms with van der Waals surface area (Å²) < 4.78 is 0. The second-order valence-corrected chi connectivity index (χ2v) is 3.11. The number of rotatable bonds is 3. The topological polar surface area (TPSA) is 81.8 Å². The molecule has 2 aromatic rings. The molecule has 0 spiro atoms. The van der Waals surface area contributed by atoms with Gasteiger partial charge in [0.05, 0.1) is 11.9 Å². The fourth-order valence-electron chi connectivity index (χ4n) is 1.27. The van der Waals surface area contributed by atoms with Crippen LogP contribution in [0, 0.1) is 10.1 Å². The Morgan fingerprint density at radius 1 is 1.25 bits per heavy atom. The number of benzene rings is 1. The molecule has 16 heavy (non-hydrogen) atoms. The summed E-state index contributed by atoms with van der Waals surface area (Å²) >= 11 is 0. The molecule has 1 aromatic carbocycles. The fraction of sp³-hybridized carbons (Fsp3) is 0.100. The second-order valence-electron chi connectivity index (χ2n) is 3.11. The van der Waals surface area contributed by atoms with Crippen molar-refractivity contribution in [3.05, 3.63) is 52.5 Å². The summed E-state index contributed by atoms with van der Waals surface area (Å²) in [4.78, 5) is 13.9. The smallest absolute Gasteiger partial charge is 0.264 e. The van der Waals surface area contributed by atoms with Crippen LogP contribution in [0.15, 0.2) is 36.5 Å². The van der Waals surface area contributed by atoms with Crippen molar-refractivity contribution in [2.24, 2.45) is 0 Å². The summed E-state index contributed by atoms with van der Waals surface area (Å²) in [6.45, 7) is -0.409. The molecule has 0 N–H and O–H groups in total. The molecule has 0 amide bonds. The predicted octanol–water partition coefficient (Wildman–Crippen LogP) is 1.32. The van der Waals surface area contributed by atoms with Crippen LogP contribution in [0.2, 0.25) is 0 Å². The SMILES string of the molecule is O=[N+]([O-])Cc1nncc(-c2ccccc2)n1. The predicted molar refractivity (Wildman–Crippen MR) is 56.0 cm³/mol. The van der Waals surface area contributed by atoms with E-state index >= 15 is 0 Å². The van der Waals surface area contributed by atoms with Crippen LogP contribution >= 0.6 is 0 Å². The lowest BCUT2D eigenvalue weighted by molar-refractivity contribution is -0.498. The fourth-order valence-corrected chi connectivity index (χ4v) is 1.27. The molecule has 6 nitrogen and oxygen atoms in total. The highest BCUT2D eigenvalue weighted by molar-refractivity contribution is 5.57. The van der Waals surface area contributed by atoms with Crippen LogP contribution in [0.5, 0.6) is 0 Å². The Labute approximate surface area is 91.1 Å². The van der Waals surface area contributed by atoms with Crippen molar-refractivity contribution in [2.75, 3.05) is 0 Å². The first-order chi connectivity index (χ1) is 7.75. The van der Waals surface area contributed by atoms with Gasteiger partial charge in [-0.2, -0.15) is 5.10 Å². The summed E-state index contributed by atoms with van der Waals surface area (Å²) in [5.41, 5.74) is 1.45. The van der Waals surface area contributed by atoms with Gasteiger partial charge in [-0.3, -0.25) is 10.1 Å². The van der Waals surface area contributed by atoms with Crippen molar-refractivity contribution in [1.82, 2.24) is 15.2 Å². The van der Waals surface area contributed by atoms with Crippen molar-refractivity contribution >= 4 is 0 Å². The summed E-state index contributed by atoms with van der Waals surface area (Å²) in [5.74, 6) is 0.117. The van der Waals surface area contributed by atoms with Gasteiger partial charge in [0.15, 0.2) is 0 Å². The number of hydrogen-bond donors (Lipinski definition) is 0. The second kappa shape index (κ2) is 4.43. The molecule has 0 unspecified atom stereocenters. The average Bonchev–Trinajstić information content (AvgIpc) is 2.30. The Morgan fingerprint density at radius 2 is 2.00 bits per heavy atom. The van der Waals surface area contributed by atoms with E-state index in [0.29, 0.717) is 5.69 Å². The third-order valence-corrected chi connectivity index (χ3v) is 1.94. The number of hydrogen-bond acceptors (Lipinski definition) is 5. The Hall–Kier alpha value is -2.37. The highest BCUT2D eigenvalue weighted by Crippen LogP contribution is 2.14. The zero-order valence-electron chi connectivity index (χ0n) is 8.28. The Morgan fingerprint density at radius 3 is 2.69 bits per heavy atom. The van der Waals surface area contributed by atoms with Crippen LogP contribution in [0.4, 0.5) is 0 Å². The van der Waals surface area contributed by atoms with Gasteiger partial charge >= 0.3 is 0 Å². The van der Waals surface area contributed by atoms with Crippen molar-refractivity contribution in [3.63, 3.8) is 0 Å².